The Bertz CT molecular complexity index is 648. The van der Waals surface area contributed by atoms with Crippen molar-refractivity contribution in [1.29, 1.82) is 0 Å². The fraction of sp³-hybridized carbons (Fsp3) is 0.0769. The van der Waals surface area contributed by atoms with Gasteiger partial charge in [-0.1, -0.05) is 0 Å². The highest BCUT2D eigenvalue weighted by molar-refractivity contribution is 7.14. The van der Waals surface area contributed by atoms with Gasteiger partial charge in [-0.2, -0.15) is 0 Å². The molecule has 19 heavy (non-hydrogen) atoms. The van der Waals surface area contributed by atoms with Crippen molar-refractivity contribution in [3.63, 3.8) is 0 Å². The van der Waals surface area contributed by atoms with Crippen molar-refractivity contribution in [1.82, 2.24) is 0 Å². The predicted molar refractivity (Wildman–Crippen MR) is 72.1 cm³/mol. The highest BCUT2D eigenvalue weighted by Gasteiger charge is 2.15. The van der Waals surface area contributed by atoms with Gasteiger partial charge in [0.25, 0.3) is 5.91 Å². The Hall–Kier alpha value is -2.34. The molecule has 0 fully saturated rings. The highest BCUT2D eigenvalue weighted by Crippen LogP contribution is 2.23. The van der Waals surface area contributed by atoms with Gasteiger partial charge >= 0.3 is 5.97 Å². The standard InChI is InChI=1S/C13H11NO4S/c1-7-2-5-11(19-7)12(16)14-10-4-3-8(15)6-9(10)13(17)18/h2-6,15H,1H3,(H,14,16)(H,17,18). The molecule has 0 aliphatic carbocycles. The lowest BCUT2D eigenvalue weighted by Crippen LogP contribution is -2.13. The number of amides is 1. The number of phenolic OH excluding ortho intramolecular Hbond substituents is 1. The van der Waals surface area contributed by atoms with Crippen molar-refractivity contribution < 1.29 is 19.8 Å². The largest absolute Gasteiger partial charge is 0.508 e. The minimum atomic E-state index is -1.21. The van der Waals surface area contributed by atoms with Crippen LogP contribution in [0.3, 0.4) is 0 Å². The Labute approximate surface area is 113 Å². The molecule has 3 N–H and O–H groups in total. The Kier molecular flexibility index (Phi) is 3.52. The fourth-order valence-electron chi connectivity index (χ4n) is 1.56. The second kappa shape index (κ2) is 5.11. The monoisotopic (exact) mass is 277 g/mol. The van der Waals surface area contributed by atoms with Crippen LogP contribution in [0.2, 0.25) is 0 Å². The average Bonchev–Trinajstić information content (AvgIpc) is 2.78. The van der Waals surface area contributed by atoms with Gasteiger partial charge in [-0.25, -0.2) is 4.79 Å². The normalized spacial score (nSPS) is 10.2. The molecule has 0 spiro atoms. The van der Waals surface area contributed by atoms with Crippen molar-refractivity contribution in [2.45, 2.75) is 6.92 Å². The van der Waals surface area contributed by atoms with Crippen molar-refractivity contribution >= 4 is 28.9 Å². The van der Waals surface area contributed by atoms with Crippen molar-refractivity contribution in [2.75, 3.05) is 5.32 Å². The molecule has 6 heteroatoms. The van der Waals surface area contributed by atoms with E-state index in [2.05, 4.69) is 5.32 Å². The molecule has 1 amide bonds. The molecule has 0 atom stereocenters. The summed E-state index contributed by atoms with van der Waals surface area (Å²) in [6.45, 7) is 1.88. The molecule has 0 radical (unpaired) electrons. The third-order valence-corrected chi connectivity index (χ3v) is 3.45. The van der Waals surface area contributed by atoms with Crippen LogP contribution in [0.15, 0.2) is 30.3 Å². The van der Waals surface area contributed by atoms with Crippen LogP contribution in [0.4, 0.5) is 5.69 Å². The number of hydrogen-bond acceptors (Lipinski definition) is 4. The third-order valence-electron chi connectivity index (χ3n) is 2.45. The Morgan fingerprint density at radius 3 is 2.53 bits per heavy atom. The van der Waals surface area contributed by atoms with Crippen LogP contribution in [0.5, 0.6) is 5.75 Å². The number of benzene rings is 1. The molecule has 0 unspecified atom stereocenters. The second-order valence-corrected chi connectivity index (χ2v) is 5.19. The summed E-state index contributed by atoms with van der Waals surface area (Å²) in [6.07, 6.45) is 0. The zero-order valence-electron chi connectivity index (χ0n) is 10.0. The number of thiophene rings is 1. The first kappa shape index (κ1) is 13.1. The van der Waals surface area contributed by atoms with Gasteiger partial charge in [0.15, 0.2) is 0 Å². The number of carboxylic acids is 1. The molecule has 0 saturated carbocycles. The average molecular weight is 277 g/mol. The smallest absolute Gasteiger partial charge is 0.337 e. The molecule has 2 rings (SSSR count). The lowest BCUT2D eigenvalue weighted by Gasteiger charge is -2.07. The molecule has 0 bridgehead atoms. The van der Waals surface area contributed by atoms with Gasteiger partial charge < -0.3 is 15.5 Å². The van der Waals surface area contributed by atoms with E-state index in [0.717, 1.165) is 10.9 Å². The van der Waals surface area contributed by atoms with E-state index in [1.807, 2.05) is 13.0 Å². The lowest BCUT2D eigenvalue weighted by molar-refractivity contribution is 0.0697. The Morgan fingerprint density at radius 2 is 1.95 bits per heavy atom. The fourth-order valence-corrected chi connectivity index (χ4v) is 2.32. The second-order valence-electron chi connectivity index (χ2n) is 3.90. The molecular weight excluding hydrogens is 266 g/mol. The number of hydrogen-bond donors (Lipinski definition) is 3. The lowest BCUT2D eigenvalue weighted by atomic mass is 10.1. The number of carboxylic acid groups (broad SMARTS) is 1. The van der Waals surface area contributed by atoms with Crippen LogP contribution in [0, 0.1) is 6.92 Å². The van der Waals surface area contributed by atoms with Crippen molar-refractivity contribution in [3.8, 4) is 5.75 Å². The van der Waals surface area contributed by atoms with Crippen molar-refractivity contribution in [3.05, 3.63) is 45.6 Å². The first-order chi connectivity index (χ1) is 8.97. The number of rotatable bonds is 3. The van der Waals surface area contributed by atoms with E-state index in [0.29, 0.717) is 4.88 Å². The number of aryl methyl sites for hydroxylation is 1. The van der Waals surface area contributed by atoms with Crippen LogP contribution < -0.4 is 5.32 Å². The maximum atomic E-state index is 11.9. The zero-order valence-corrected chi connectivity index (χ0v) is 10.8. The summed E-state index contributed by atoms with van der Waals surface area (Å²) in [5.41, 5.74) is 0.00276. The molecule has 0 aliphatic heterocycles. The highest BCUT2D eigenvalue weighted by atomic mass is 32.1. The molecule has 0 saturated heterocycles. The number of aromatic hydroxyl groups is 1. The molecule has 2 aromatic rings. The van der Waals surface area contributed by atoms with Gasteiger partial charge in [0, 0.05) is 4.88 Å². The number of carbonyl (C=O) groups excluding carboxylic acids is 1. The van der Waals surface area contributed by atoms with Gasteiger partial charge in [-0.3, -0.25) is 4.79 Å². The Morgan fingerprint density at radius 1 is 1.21 bits per heavy atom. The van der Waals surface area contributed by atoms with Crippen LogP contribution in [0.25, 0.3) is 0 Å². The molecule has 0 aliphatic rings. The summed E-state index contributed by atoms with van der Waals surface area (Å²) in [5.74, 6) is -1.75. The van der Waals surface area contributed by atoms with Crippen LogP contribution in [-0.2, 0) is 0 Å². The summed E-state index contributed by atoms with van der Waals surface area (Å²) in [7, 11) is 0. The summed E-state index contributed by atoms with van der Waals surface area (Å²) in [4.78, 5) is 24.5. The maximum absolute atomic E-state index is 11.9. The topological polar surface area (TPSA) is 86.6 Å². The van der Waals surface area contributed by atoms with Gasteiger partial charge in [0.05, 0.1) is 16.1 Å². The molecular formula is C13H11NO4S. The number of carbonyl (C=O) groups is 2. The first-order valence-corrected chi connectivity index (χ1v) is 6.23. The van der Waals surface area contributed by atoms with Gasteiger partial charge in [-0.15, -0.1) is 11.3 Å². The summed E-state index contributed by atoms with van der Waals surface area (Å²) in [5, 5.41) is 20.8. The van der Waals surface area contributed by atoms with E-state index in [9.17, 15) is 14.7 Å². The molecule has 1 aromatic carbocycles. The van der Waals surface area contributed by atoms with Crippen molar-refractivity contribution in [2.24, 2.45) is 0 Å². The number of anilines is 1. The van der Waals surface area contributed by atoms with E-state index in [4.69, 9.17) is 5.11 Å². The van der Waals surface area contributed by atoms with Gasteiger partial charge in [-0.05, 0) is 37.3 Å². The Balaban J connectivity index is 2.28. The molecule has 1 heterocycles. The number of phenols is 1. The molecule has 1 aromatic heterocycles. The quantitative estimate of drug-likeness (QED) is 0.753. The van der Waals surface area contributed by atoms with Crippen LogP contribution >= 0.6 is 11.3 Å². The van der Waals surface area contributed by atoms with Crippen LogP contribution in [-0.4, -0.2) is 22.1 Å². The molecule has 5 nitrogen and oxygen atoms in total. The number of aromatic carboxylic acids is 1. The third kappa shape index (κ3) is 2.92. The van der Waals surface area contributed by atoms with Gasteiger partial charge in [0.2, 0.25) is 0 Å². The first-order valence-electron chi connectivity index (χ1n) is 5.41. The van der Waals surface area contributed by atoms with E-state index >= 15 is 0 Å². The van der Waals surface area contributed by atoms with E-state index in [-0.39, 0.29) is 22.9 Å². The molecule has 98 valence electrons. The summed E-state index contributed by atoms with van der Waals surface area (Å²) in [6, 6.07) is 7.27. The van der Waals surface area contributed by atoms with E-state index in [1.54, 1.807) is 6.07 Å². The summed E-state index contributed by atoms with van der Waals surface area (Å²) >= 11 is 1.32. The maximum Gasteiger partial charge on any atom is 0.337 e. The number of nitrogens with one attached hydrogen (secondary N) is 1. The van der Waals surface area contributed by atoms with E-state index in [1.165, 1.54) is 23.5 Å². The SMILES string of the molecule is Cc1ccc(C(=O)Nc2ccc(O)cc2C(=O)O)s1. The minimum absolute atomic E-state index is 0.151. The summed E-state index contributed by atoms with van der Waals surface area (Å²) < 4.78 is 0. The minimum Gasteiger partial charge on any atom is -0.508 e. The predicted octanol–water partition coefficient (Wildman–Crippen LogP) is 2.71. The van der Waals surface area contributed by atoms with E-state index < -0.39 is 5.97 Å². The van der Waals surface area contributed by atoms with Crippen LogP contribution in [0.1, 0.15) is 24.9 Å². The van der Waals surface area contributed by atoms with Gasteiger partial charge in [0.1, 0.15) is 5.75 Å². The zero-order chi connectivity index (χ0) is 14.0.